The lowest BCUT2D eigenvalue weighted by Gasteiger charge is -2.49. The fourth-order valence-corrected chi connectivity index (χ4v) is 13.8. The number of aromatic nitrogens is 2. The Labute approximate surface area is 418 Å². The number of fused-ring (bicyclic) bond motifs is 2. The number of hydrogen-bond donors (Lipinski definition) is 4. The van der Waals surface area contributed by atoms with Crippen LogP contribution >= 0.6 is 69.7 Å². The summed E-state index contributed by atoms with van der Waals surface area (Å²) in [4.78, 5) is 121. The van der Waals surface area contributed by atoms with Gasteiger partial charge in [-0.25, -0.2) is 19.6 Å². The van der Waals surface area contributed by atoms with Gasteiger partial charge in [0.1, 0.15) is 24.2 Å². The molecular weight excluding hydrogens is 1010 g/mol. The Morgan fingerprint density at radius 2 is 1.10 bits per heavy atom. The summed E-state index contributed by atoms with van der Waals surface area (Å²) in [5.74, 6) is -4.41. The summed E-state index contributed by atoms with van der Waals surface area (Å²) in [5.41, 5.74) is 13.4. The molecule has 0 aliphatic carbocycles. The van der Waals surface area contributed by atoms with Crippen LogP contribution in [0.2, 0.25) is 0 Å². The zero-order valence-electron chi connectivity index (χ0n) is 36.3. The van der Waals surface area contributed by atoms with Gasteiger partial charge < -0.3 is 26.5 Å². The number of hydrogen-bond acceptors (Lipinski definition) is 21. The fourth-order valence-electron chi connectivity index (χ4n) is 7.56. The maximum Gasteiger partial charge on any atom is 0.352 e. The van der Waals surface area contributed by atoms with E-state index in [9.17, 15) is 48.6 Å². The number of thioether (sulfide) groups is 4. The normalized spacial score (nSPS) is 19.9. The molecule has 4 aromatic rings. The van der Waals surface area contributed by atoms with Gasteiger partial charge in [0.25, 0.3) is 0 Å². The quantitative estimate of drug-likeness (QED) is 0.0613. The molecule has 0 saturated carbocycles. The number of oxime groups is 1. The maximum atomic E-state index is 13.0. The van der Waals surface area contributed by atoms with E-state index in [1.165, 1.54) is 59.9 Å². The number of rotatable bonds is 17. The number of amides is 2. The number of ketones is 2. The number of Topliss-reactive ketones (excluding diaryl/α,β-unsaturated/α-hetero) is 2. The van der Waals surface area contributed by atoms with Gasteiger partial charge in [0.05, 0.1) is 32.3 Å². The molecule has 4 aliphatic heterocycles. The summed E-state index contributed by atoms with van der Waals surface area (Å²) >= 11 is 6.98. The Morgan fingerprint density at radius 1 is 0.696 bits per heavy atom. The number of carboxylic acid groups (broad SMARTS) is 2. The Bertz CT molecular complexity index is 2850. The second kappa shape index (κ2) is 22.5. The predicted molar refractivity (Wildman–Crippen MR) is 267 cm³/mol. The molecular formula is C44H40N8O11S6. The van der Waals surface area contributed by atoms with E-state index in [-0.39, 0.29) is 68.3 Å². The van der Waals surface area contributed by atoms with Crippen molar-refractivity contribution in [1.29, 1.82) is 0 Å². The molecule has 4 aliphatic rings. The molecule has 2 saturated heterocycles. The smallest absolute Gasteiger partial charge is 0.352 e. The zero-order valence-corrected chi connectivity index (χ0v) is 41.2. The van der Waals surface area contributed by atoms with Gasteiger partial charge >= 0.3 is 11.9 Å². The lowest BCUT2D eigenvalue weighted by Crippen LogP contribution is -2.62. The Hall–Kier alpha value is -6.12. The van der Waals surface area contributed by atoms with Crippen LogP contribution in [0.4, 0.5) is 10.3 Å². The number of carbonyl (C=O) groups excluding carboxylic acids is 6. The topological polar surface area (TPSA) is 295 Å². The molecule has 4 atom stereocenters. The van der Waals surface area contributed by atoms with Crippen molar-refractivity contribution in [1.82, 2.24) is 19.8 Å². The number of β-lactam (4-membered cyclic amide) rings is 2. The molecule has 0 radical (unpaired) electrons. The standard InChI is InChI=1S/C22H20N4O6S3.C22H20N4O5S3/c1-32-25-16(15-8-24-22(23)35-15)14(27)7-13-18(28)26-17(20(29)30)12(9-33-19(13)26)10-34-21(31)11-5-3-2-4-6-11;1-24-16(15-8-25-22(23)34-15)14(27)7-13-18(28)26-17(20(29)30)12(9-32-19(13)26)10-33-21(31)11-5-3-2-4-6-11/h2-6,8,13,19H,7,9-10H2,1H3,(H2,23,24)(H,29,30);2-6,8,13,19H,7,9-10H2,1H3,(H2,23,25)(H,29,30)/b25-16+;/t2*13-,19-/m11/s1. The van der Waals surface area contributed by atoms with Crippen LogP contribution in [0.5, 0.6) is 0 Å². The van der Waals surface area contributed by atoms with Gasteiger partial charge in [0.15, 0.2) is 27.5 Å². The highest BCUT2D eigenvalue weighted by molar-refractivity contribution is 8.14. The molecule has 0 bridgehead atoms. The van der Waals surface area contributed by atoms with Crippen LogP contribution in [0.3, 0.4) is 0 Å². The monoisotopic (exact) mass is 1050 g/mol. The third-order valence-electron chi connectivity index (χ3n) is 10.8. The predicted octanol–water partition coefficient (Wildman–Crippen LogP) is 5.03. The molecule has 2 aromatic heterocycles. The Balaban J connectivity index is 0.000000204. The number of thiazole rings is 2. The summed E-state index contributed by atoms with van der Waals surface area (Å²) in [6.45, 7) is 0. The summed E-state index contributed by atoms with van der Waals surface area (Å²) in [5, 5.41) is 22.7. The molecule has 358 valence electrons. The van der Waals surface area contributed by atoms with Crippen molar-refractivity contribution < 1.29 is 53.4 Å². The van der Waals surface area contributed by atoms with E-state index in [0.717, 1.165) is 46.2 Å². The minimum Gasteiger partial charge on any atom is -0.477 e. The molecule has 8 rings (SSSR count). The molecule has 6 heterocycles. The Morgan fingerprint density at radius 3 is 1.46 bits per heavy atom. The Kier molecular flexibility index (Phi) is 16.6. The number of benzene rings is 2. The van der Waals surface area contributed by atoms with E-state index in [2.05, 4.69) is 20.1 Å². The third kappa shape index (κ3) is 11.2. The van der Waals surface area contributed by atoms with Crippen LogP contribution in [0.15, 0.2) is 106 Å². The lowest BCUT2D eigenvalue weighted by atomic mass is 9.89. The van der Waals surface area contributed by atoms with Gasteiger partial charge in [0.2, 0.25) is 22.0 Å². The second-order valence-corrected chi connectivity index (χ2v) is 21.2. The number of nitrogens with zero attached hydrogens (tertiary/aromatic N) is 6. The number of carboxylic acids is 2. The van der Waals surface area contributed by atoms with Crippen LogP contribution in [-0.4, -0.2) is 135 Å². The second-order valence-electron chi connectivity index (χ2n) is 15.0. The van der Waals surface area contributed by atoms with Gasteiger partial charge in [-0.15, -0.1) is 23.5 Å². The first kappa shape index (κ1) is 50.7. The van der Waals surface area contributed by atoms with Gasteiger partial charge in [-0.1, -0.05) is 112 Å². The van der Waals surface area contributed by atoms with Crippen LogP contribution in [0, 0.1) is 11.8 Å². The molecule has 0 unspecified atom stereocenters. The van der Waals surface area contributed by atoms with Crippen LogP contribution in [-0.2, 0) is 33.6 Å². The molecule has 6 N–H and O–H groups in total. The van der Waals surface area contributed by atoms with E-state index in [1.807, 2.05) is 6.07 Å². The third-order valence-corrected chi connectivity index (χ3v) is 17.2. The van der Waals surface area contributed by atoms with Crippen molar-refractivity contribution in [2.24, 2.45) is 22.0 Å². The highest BCUT2D eigenvalue weighted by Crippen LogP contribution is 2.47. The minimum absolute atomic E-state index is 0.0132. The van der Waals surface area contributed by atoms with Crippen molar-refractivity contribution in [3.8, 4) is 0 Å². The van der Waals surface area contributed by atoms with Crippen molar-refractivity contribution >= 4 is 137 Å². The molecule has 2 fully saturated rings. The average molecular weight is 1050 g/mol. The molecule has 19 nitrogen and oxygen atoms in total. The number of nitrogen functional groups attached to an aromatic ring is 2. The van der Waals surface area contributed by atoms with Crippen molar-refractivity contribution in [3.05, 3.63) is 116 Å². The van der Waals surface area contributed by atoms with Crippen molar-refractivity contribution in [2.45, 2.75) is 23.6 Å². The summed E-state index contributed by atoms with van der Waals surface area (Å²) in [6, 6.07) is 17.4. The lowest BCUT2D eigenvalue weighted by molar-refractivity contribution is -0.153. The highest BCUT2D eigenvalue weighted by atomic mass is 32.2. The molecule has 2 amide bonds. The van der Waals surface area contributed by atoms with Crippen LogP contribution in [0.25, 0.3) is 0 Å². The highest BCUT2D eigenvalue weighted by Gasteiger charge is 2.55. The van der Waals surface area contributed by atoms with E-state index < -0.39 is 52.1 Å². The van der Waals surface area contributed by atoms with E-state index in [1.54, 1.807) is 54.6 Å². The van der Waals surface area contributed by atoms with Gasteiger partial charge in [0, 0.05) is 66.4 Å². The van der Waals surface area contributed by atoms with E-state index >= 15 is 0 Å². The minimum atomic E-state index is -1.24. The average Bonchev–Trinajstić information content (AvgIpc) is 3.99. The number of nitrogens with two attached hydrogens (primary N) is 2. The zero-order chi connectivity index (χ0) is 49.5. The molecule has 69 heavy (non-hydrogen) atoms. The fraction of sp³-hybridized carbons (Fsp3) is 0.273. The van der Waals surface area contributed by atoms with E-state index in [0.29, 0.717) is 48.7 Å². The van der Waals surface area contributed by atoms with Gasteiger partial charge in [-0.2, -0.15) is 0 Å². The summed E-state index contributed by atoms with van der Waals surface area (Å²) < 4.78 is 0. The number of aliphatic imine (C=N–C) groups is 1. The summed E-state index contributed by atoms with van der Waals surface area (Å²) in [6.07, 6.45) is 2.64. The number of anilines is 2. The maximum absolute atomic E-state index is 13.0. The first-order valence-electron chi connectivity index (χ1n) is 20.4. The largest absolute Gasteiger partial charge is 0.477 e. The first-order chi connectivity index (χ1) is 33.1. The number of aliphatic carboxylic acids is 2. The van der Waals surface area contributed by atoms with Crippen molar-refractivity contribution in [2.75, 3.05) is 48.6 Å². The molecule has 25 heteroatoms. The molecule has 0 spiro atoms. The summed E-state index contributed by atoms with van der Waals surface area (Å²) in [7, 11) is 2.79. The number of carbonyl (C=O) groups is 8. The SMILES string of the molecule is CN=C(C(=O)C[C@@H]1C(=O)N2C(C(=O)O)=C(CSC(=O)c3ccccc3)CS[C@H]12)c1cnc(N)s1.CO/N=C(\C(=O)C[C@@H]1C(=O)N2C(C(=O)O)=C(CSC(=O)c3ccccc3)CS[C@H]12)c1cnc(N)s1. The van der Waals surface area contributed by atoms with Gasteiger partial charge in [-0.05, 0) is 11.1 Å². The van der Waals surface area contributed by atoms with Crippen LogP contribution in [0.1, 0.15) is 43.3 Å². The molecule has 2 aromatic carbocycles. The first-order valence-corrected chi connectivity index (χ1v) is 26.2. The van der Waals surface area contributed by atoms with Crippen LogP contribution < -0.4 is 11.5 Å². The van der Waals surface area contributed by atoms with Crippen molar-refractivity contribution in [3.63, 3.8) is 0 Å². The van der Waals surface area contributed by atoms with Gasteiger partial charge in [-0.3, -0.25) is 43.6 Å². The van der Waals surface area contributed by atoms with E-state index in [4.69, 9.17) is 16.3 Å².